The van der Waals surface area contributed by atoms with Crippen molar-refractivity contribution in [3.63, 3.8) is 0 Å². The second-order valence-electron chi connectivity index (χ2n) is 7.72. The molecule has 1 saturated heterocycles. The van der Waals surface area contributed by atoms with Crippen LogP contribution in [0.1, 0.15) is 22.3 Å². The number of nitrogens with zero attached hydrogens (tertiary/aromatic N) is 4. The smallest absolute Gasteiger partial charge is 0.341 e. The van der Waals surface area contributed by atoms with Gasteiger partial charge in [-0.3, -0.25) is 9.47 Å². The lowest BCUT2D eigenvalue weighted by Crippen LogP contribution is -2.39. The number of benzene rings is 1. The van der Waals surface area contributed by atoms with Crippen molar-refractivity contribution in [2.45, 2.75) is 18.9 Å². The Bertz CT molecular complexity index is 1050. The highest BCUT2D eigenvalue weighted by molar-refractivity contribution is 5.99. The minimum Gasteiger partial charge on any atom is -0.504 e. The fourth-order valence-corrected chi connectivity index (χ4v) is 4.31. The molecule has 1 aromatic carbocycles. The molecule has 150 valence electrons. The first-order chi connectivity index (χ1) is 13.2. The van der Waals surface area contributed by atoms with Crippen LogP contribution in [0.4, 0.5) is 10.1 Å². The molecular formula is C19H23FN4O4. The van der Waals surface area contributed by atoms with Crippen LogP contribution in [0.25, 0.3) is 10.9 Å². The summed E-state index contributed by atoms with van der Waals surface area (Å²) < 4.78 is 16.9. The Kier molecular flexibility index (Phi) is 4.22. The molecular weight excluding hydrogens is 367 g/mol. The van der Waals surface area contributed by atoms with Crippen LogP contribution in [-0.4, -0.2) is 72.6 Å². The highest BCUT2D eigenvalue weighted by Crippen LogP contribution is 2.41. The number of hydrogen-bond donors (Lipinski definition) is 2. The fourth-order valence-electron chi connectivity index (χ4n) is 4.31. The zero-order chi connectivity index (χ0) is 20.3. The van der Waals surface area contributed by atoms with Crippen LogP contribution in [0, 0.1) is 5.82 Å². The van der Waals surface area contributed by atoms with Crippen molar-refractivity contribution in [3.8, 4) is 5.75 Å². The summed E-state index contributed by atoms with van der Waals surface area (Å²) in [7, 11) is 5.72. The topological polar surface area (TPSA) is 89.2 Å². The van der Waals surface area contributed by atoms with Crippen molar-refractivity contribution >= 4 is 22.6 Å². The summed E-state index contributed by atoms with van der Waals surface area (Å²) in [5.74, 6) is -3.04. The molecule has 4 rings (SSSR count). The summed E-state index contributed by atoms with van der Waals surface area (Å²) in [6.45, 7) is 1.80. The first-order valence-corrected chi connectivity index (χ1v) is 9.21. The maximum absolute atomic E-state index is 15.3. The SMILES string of the molecule is CN(C)C1CCN(c2c(F)c(O)c3c(=O)c(C(=O)O)cn4c3c2CCN4C)C1. The van der Waals surface area contributed by atoms with Crippen molar-refractivity contribution in [1.82, 2.24) is 9.58 Å². The van der Waals surface area contributed by atoms with Crippen molar-refractivity contribution in [3.05, 3.63) is 33.4 Å². The van der Waals surface area contributed by atoms with Crippen LogP contribution >= 0.6 is 0 Å². The van der Waals surface area contributed by atoms with Crippen LogP contribution in [0.15, 0.2) is 11.0 Å². The molecule has 2 aliphatic rings. The van der Waals surface area contributed by atoms with Gasteiger partial charge in [-0.05, 0) is 26.9 Å². The van der Waals surface area contributed by atoms with Crippen LogP contribution in [0.3, 0.4) is 0 Å². The predicted molar refractivity (Wildman–Crippen MR) is 104 cm³/mol. The van der Waals surface area contributed by atoms with Gasteiger partial charge in [0.05, 0.1) is 16.6 Å². The van der Waals surface area contributed by atoms with Gasteiger partial charge in [0.25, 0.3) is 0 Å². The number of phenols is 1. The van der Waals surface area contributed by atoms with E-state index in [-0.39, 0.29) is 11.4 Å². The number of pyridine rings is 1. The maximum Gasteiger partial charge on any atom is 0.341 e. The average Bonchev–Trinajstić information content (AvgIpc) is 3.12. The highest BCUT2D eigenvalue weighted by Gasteiger charge is 2.34. The molecule has 3 heterocycles. The van der Waals surface area contributed by atoms with E-state index in [4.69, 9.17) is 0 Å². The zero-order valence-electron chi connectivity index (χ0n) is 16.1. The first-order valence-electron chi connectivity index (χ1n) is 9.21. The van der Waals surface area contributed by atoms with E-state index in [2.05, 4.69) is 4.90 Å². The van der Waals surface area contributed by atoms with Gasteiger partial charge < -0.3 is 25.0 Å². The molecule has 0 radical (unpaired) electrons. The molecule has 0 saturated carbocycles. The van der Waals surface area contributed by atoms with Gasteiger partial charge in [-0.15, -0.1) is 0 Å². The van der Waals surface area contributed by atoms with E-state index in [0.717, 1.165) is 6.42 Å². The number of carboxylic acids is 1. The van der Waals surface area contributed by atoms with Crippen molar-refractivity contribution in [1.29, 1.82) is 0 Å². The largest absolute Gasteiger partial charge is 0.504 e. The molecule has 0 spiro atoms. The van der Waals surface area contributed by atoms with E-state index in [0.29, 0.717) is 42.8 Å². The van der Waals surface area contributed by atoms with E-state index in [1.807, 2.05) is 19.0 Å². The van der Waals surface area contributed by atoms with Crippen molar-refractivity contribution < 1.29 is 19.4 Å². The average molecular weight is 390 g/mol. The molecule has 28 heavy (non-hydrogen) atoms. The third-order valence-electron chi connectivity index (χ3n) is 5.91. The number of aromatic carboxylic acids is 1. The van der Waals surface area contributed by atoms with Crippen molar-refractivity contribution in [2.24, 2.45) is 0 Å². The number of halogens is 1. The molecule has 0 bridgehead atoms. The second-order valence-corrected chi connectivity index (χ2v) is 7.72. The number of anilines is 1. The monoisotopic (exact) mass is 390 g/mol. The molecule has 1 atom stereocenters. The summed E-state index contributed by atoms with van der Waals surface area (Å²) in [6.07, 6.45) is 2.62. The van der Waals surface area contributed by atoms with Gasteiger partial charge >= 0.3 is 5.97 Å². The van der Waals surface area contributed by atoms with Crippen LogP contribution < -0.4 is 15.3 Å². The number of phenolic OH excluding ortho intramolecular Hbond substituents is 1. The number of carboxylic acid groups (broad SMARTS) is 1. The van der Waals surface area contributed by atoms with Gasteiger partial charge in [-0.1, -0.05) is 0 Å². The van der Waals surface area contributed by atoms with Gasteiger partial charge in [-0.2, -0.15) is 0 Å². The van der Waals surface area contributed by atoms with E-state index >= 15 is 4.39 Å². The summed E-state index contributed by atoms with van der Waals surface area (Å²) in [6, 6.07) is 0.271. The Morgan fingerprint density at radius 1 is 1.32 bits per heavy atom. The zero-order valence-corrected chi connectivity index (χ0v) is 16.1. The number of carbonyl (C=O) groups is 1. The van der Waals surface area contributed by atoms with Crippen LogP contribution in [-0.2, 0) is 6.42 Å². The minimum atomic E-state index is -1.41. The van der Waals surface area contributed by atoms with Gasteiger partial charge in [0.2, 0.25) is 5.43 Å². The second kappa shape index (κ2) is 6.37. The summed E-state index contributed by atoms with van der Waals surface area (Å²) in [5.41, 5.74) is -0.0317. The molecule has 1 aromatic heterocycles. The van der Waals surface area contributed by atoms with E-state index in [1.165, 1.54) is 6.20 Å². The third kappa shape index (κ3) is 2.53. The number of hydrogen-bond acceptors (Lipinski definition) is 6. The van der Waals surface area contributed by atoms with Crippen LogP contribution in [0.5, 0.6) is 5.75 Å². The molecule has 1 fully saturated rings. The quantitative estimate of drug-likeness (QED) is 0.802. The molecule has 9 heteroatoms. The summed E-state index contributed by atoms with van der Waals surface area (Å²) >= 11 is 0. The van der Waals surface area contributed by atoms with Gasteiger partial charge in [0.1, 0.15) is 5.56 Å². The van der Waals surface area contributed by atoms with Crippen LogP contribution in [0.2, 0.25) is 0 Å². The Morgan fingerprint density at radius 3 is 2.64 bits per heavy atom. The highest BCUT2D eigenvalue weighted by atomic mass is 19.1. The molecule has 2 N–H and O–H groups in total. The van der Waals surface area contributed by atoms with Gasteiger partial charge in [0, 0.05) is 44.5 Å². The summed E-state index contributed by atoms with van der Waals surface area (Å²) in [4.78, 5) is 28.2. The lowest BCUT2D eigenvalue weighted by atomic mass is 9.98. The standard InChI is InChI=1S/C19H23FN4O4/c1-21(2)10-4-7-23(8-10)16-11-5-6-22(3)24-9-12(19(27)28)17(25)13(15(11)24)18(26)14(16)20/h9-10,26H,4-8H2,1-3H3,(H,27,28). The molecule has 8 nitrogen and oxygen atoms in total. The molecule has 0 aliphatic carbocycles. The number of rotatable bonds is 3. The lowest BCUT2D eigenvalue weighted by Gasteiger charge is -2.34. The minimum absolute atomic E-state index is 0.271. The normalized spacial score (nSPS) is 19.1. The predicted octanol–water partition coefficient (Wildman–Crippen LogP) is 0.809. The fraction of sp³-hybridized carbons (Fsp3) is 0.474. The molecule has 2 aliphatic heterocycles. The Hall–Kier alpha value is -2.81. The number of aromatic hydroxyl groups is 1. The van der Waals surface area contributed by atoms with E-state index in [9.17, 15) is 19.8 Å². The van der Waals surface area contributed by atoms with E-state index < -0.39 is 28.5 Å². The Morgan fingerprint density at radius 2 is 2.04 bits per heavy atom. The van der Waals surface area contributed by atoms with Gasteiger partial charge in [0.15, 0.2) is 11.6 Å². The van der Waals surface area contributed by atoms with E-state index in [1.54, 1.807) is 16.7 Å². The molecule has 1 unspecified atom stereocenters. The molecule has 0 amide bonds. The molecule has 2 aromatic rings. The number of aromatic nitrogens is 1. The summed E-state index contributed by atoms with van der Waals surface area (Å²) in [5, 5.41) is 21.4. The lowest BCUT2D eigenvalue weighted by molar-refractivity contribution is 0.0695. The third-order valence-corrected chi connectivity index (χ3v) is 5.91. The van der Waals surface area contributed by atoms with Gasteiger partial charge in [-0.25, -0.2) is 9.18 Å². The maximum atomic E-state index is 15.3. The Labute approximate surface area is 161 Å². The Balaban J connectivity index is 2.03. The number of likely N-dealkylation sites (N-methyl/N-ethyl adjacent to an activating group) is 2. The first kappa shape index (κ1) is 18.5. The van der Waals surface area contributed by atoms with Crippen molar-refractivity contribution in [2.75, 3.05) is 50.7 Å².